The number of nitrogens with one attached hydrogen (secondary N) is 1. The van der Waals surface area contributed by atoms with Crippen LogP contribution in [0.3, 0.4) is 0 Å². The Bertz CT molecular complexity index is 789. The van der Waals surface area contributed by atoms with E-state index in [-0.39, 0.29) is 5.91 Å². The fraction of sp³-hybridized carbons (Fsp3) is 0.158. The van der Waals surface area contributed by atoms with Gasteiger partial charge in [-0.2, -0.15) is 5.10 Å². The van der Waals surface area contributed by atoms with Gasteiger partial charge in [0.05, 0.1) is 11.2 Å². The highest BCUT2D eigenvalue weighted by atomic mass is 35.5. The molecule has 0 bridgehead atoms. The smallest absolute Gasteiger partial charge is 0.280 e. The van der Waals surface area contributed by atoms with Gasteiger partial charge in [-0.05, 0) is 43.2 Å². The quantitative estimate of drug-likeness (QED) is 0.571. The molecule has 0 radical (unpaired) electrons. The summed E-state index contributed by atoms with van der Waals surface area (Å²) in [6.45, 7) is 3.51. The van der Waals surface area contributed by atoms with E-state index in [1.165, 1.54) is 0 Å². The topological polar surface area (TPSA) is 50.7 Å². The lowest BCUT2D eigenvalue weighted by Crippen LogP contribution is -2.33. The number of benzene rings is 2. The molecular weight excluding hydrogens is 359 g/mol. The van der Waals surface area contributed by atoms with Crippen LogP contribution in [-0.2, 0) is 4.79 Å². The first-order chi connectivity index (χ1) is 12.0. The van der Waals surface area contributed by atoms with Crippen molar-refractivity contribution in [1.82, 2.24) is 5.43 Å². The molecule has 0 aromatic heterocycles. The van der Waals surface area contributed by atoms with Gasteiger partial charge in [-0.25, -0.2) is 5.43 Å². The molecule has 0 saturated heterocycles. The number of carbonyl (C=O) groups excluding carboxylic acids is 1. The minimum atomic E-state index is -0.755. The monoisotopic (exact) mass is 376 g/mol. The molecule has 0 aliphatic carbocycles. The van der Waals surface area contributed by atoms with Gasteiger partial charge in [0, 0.05) is 5.02 Å². The van der Waals surface area contributed by atoms with Gasteiger partial charge in [-0.1, -0.05) is 59.6 Å². The summed E-state index contributed by atoms with van der Waals surface area (Å²) >= 11 is 11.9. The number of allylic oxidation sites excluding steroid dienone is 1. The number of nitrogens with zero attached hydrogens (tertiary/aromatic N) is 1. The van der Waals surface area contributed by atoms with Gasteiger partial charge in [0.1, 0.15) is 5.75 Å². The maximum absolute atomic E-state index is 12.0. The summed E-state index contributed by atoms with van der Waals surface area (Å²) < 4.78 is 5.52. The van der Waals surface area contributed by atoms with Crippen LogP contribution in [0, 0.1) is 0 Å². The van der Waals surface area contributed by atoms with Crippen molar-refractivity contribution < 1.29 is 9.53 Å². The summed E-state index contributed by atoms with van der Waals surface area (Å²) in [4.78, 5) is 12.0. The van der Waals surface area contributed by atoms with Gasteiger partial charge in [0.2, 0.25) is 0 Å². The van der Waals surface area contributed by atoms with Gasteiger partial charge >= 0.3 is 0 Å². The SMILES string of the molecule is CC(/C=N/NC(=O)C(C)Oc1ccc(Cl)cc1Cl)=C\c1ccccc1. The molecular formula is C19H18Cl2N2O2. The number of hydrogen-bond acceptors (Lipinski definition) is 3. The largest absolute Gasteiger partial charge is 0.479 e. The van der Waals surface area contributed by atoms with Crippen LogP contribution in [0.5, 0.6) is 5.75 Å². The van der Waals surface area contributed by atoms with E-state index in [4.69, 9.17) is 27.9 Å². The van der Waals surface area contributed by atoms with E-state index in [0.29, 0.717) is 15.8 Å². The predicted octanol–water partition coefficient (Wildman–Crippen LogP) is 4.97. The molecule has 130 valence electrons. The van der Waals surface area contributed by atoms with E-state index in [2.05, 4.69) is 10.5 Å². The van der Waals surface area contributed by atoms with Crippen LogP contribution in [0.25, 0.3) is 6.08 Å². The second kappa shape index (κ2) is 9.25. The summed E-state index contributed by atoms with van der Waals surface area (Å²) in [5, 5.41) is 4.78. The minimum Gasteiger partial charge on any atom is -0.479 e. The number of ether oxygens (including phenoxy) is 1. The highest BCUT2D eigenvalue weighted by molar-refractivity contribution is 6.35. The molecule has 1 amide bonds. The Balaban J connectivity index is 1.89. The van der Waals surface area contributed by atoms with Crippen molar-refractivity contribution in [3.05, 3.63) is 69.7 Å². The fourth-order valence-corrected chi connectivity index (χ4v) is 2.41. The molecule has 0 saturated carbocycles. The van der Waals surface area contributed by atoms with Crippen molar-refractivity contribution in [1.29, 1.82) is 0 Å². The van der Waals surface area contributed by atoms with Gasteiger partial charge in [-0.3, -0.25) is 4.79 Å². The van der Waals surface area contributed by atoms with Gasteiger partial charge in [-0.15, -0.1) is 0 Å². The summed E-state index contributed by atoms with van der Waals surface area (Å²) in [7, 11) is 0. The normalized spacial score (nSPS) is 12.9. The van der Waals surface area contributed by atoms with Crippen LogP contribution in [0.2, 0.25) is 10.0 Å². The number of carbonyl (C=O) groups is 1. The number of rotatable bonds is 6. The first kappa shape index (κ1) is 19.0. The van der Waals surface area contributed by atoms with Crippen LogP contribution in [-0.4, -0.2) is 18.2 Å². The van der Waals surface area contributed by atoms with Crippen molar-refractivity contribution in [3.63, 3.8) is 0 Å². The van der Waals surface area contributed by atoms with Crippen LogP contribution in [0.15, 0.2) is 59.2 Å². The zero-order valence-electron chi connectivity index (χ0n) is 13.9. The highest BCUT2D eigenvalue weighted by Gasteiger charge is 2.15. The fourth-order valence-electron chi connectivity index (χ4n) is 1.95. The van der Waals surface area contributed by atoms with Crippen LogP contribution >= 0.6 is 23.2 Å². The number of hydrazone groups is 1. The average molecular weight is 377 g/mol. The molecule has 2 aromatic rings. The number of amides is 1. The van der Waals surface area contributed by atoms with Gasteiger partial charge in [0.25, 0.3) is 5.91 Å². The lowest BCUT2D eigenvalue weighted by Gasteiger charge is -2.14. The first-order valence-electron chi connectivity index (χ1n) is 7.63. The number of hydrogen-bond donors (Lipinski definition) is 1. The Kier molecular flexibility index (Phi) is 7.04. The summed E-state index contributed by atoms with van der Waals surface area (Å²) in [5.41, 5.74) is 4.41. The van der Waals surface area contributed by atoms with Crippen molar-refractivity contribution in [3.8, 4) is 5.75 Å². The van der Waals surface area contributed by atoms with E-state index < -0.39 is 6.10 Å². The zero-order chi connectivity index (χ0) is 18.2. The molecule has 1 atom stereocenters. The molecule has 2 rings (SSSR count). The van der Waals surface area contributed by atoms with Crippen LogP contribution in [0.1, 0.15) is 19.4 Å². The van der Waals surface area contributed by atoms with E-state index in [0.717, 1.165) is 11.1 Å². The summed E-state index contributed by atoms with van der Waals surface area (Å²) in [5.74, 6) is 0.00706. The lowest BCUT2D eigenvalue weighted by molar-refractivity contribution is -0.127. The van der Waals surface area contributed by atoms with E-state index >= 15 is 0 Å². The first-order valence-corrected chi connectivity index (χ1v) is 8.39. The van der Waals surface area contributed by atoms with E-state index in [1.54, 1.807) is 31.3 Å². The molecule has 1 N–H and O–H groups in total. The Morgan fingerprint density at radius 1 is 1.20 bits per heavy atom. The molecule has 0 aliphatic rings. The Hall–Kier alpha value is -2.30. The average Bonchev–Trinajstić information content (AvgIpc) is 2.58. The molecule has 0 heterocycles. The van der Waals surface area contributed by atoms with Crippen molar-refractivity contribution in [2.24, 2.45) is 5.10 Å². The highest BCUT2D eigenvalue weighted by Crippen LogP contribution is 2.28. The molecule has 0 fully saturated rings. The molecule has 2 aromatic carbocycles. The summed E-state index contributed by atoms with van der Waals surface area (Å²) in [6.07, 6.45) is 2.78. The Morgan fingerprint density at radius 2 is 1.92 bits per heavy atom. The van der Waals surface area contributed by atoms with Crippen molar-refractivity contribution in [2.45, 2.75) is 20.0 Å². The Labute approximate surface area is 157 Å². The molecule has 25 heavy (non-hydrogen) atoms. The molecule has 6 heteroatoms. The maximum Gasteiger partial charge on any atom is 0.280 e. The standard InChI is InChI=1S/C19H18Cl2N2O2/c1-13(10-15-6-4-3-5-7-15)12-22-23-19(24)14(2)25-18-9-8-16(20)11-17(18)21/h3-12,14H,1-2H3,(H,23,24)/b13-10+,22-12+. The molecule has 0 spiro atoms. The molecule has 4 nitrogen and oxygen atoms in total. The zero-order valence-corrected chi connectivity index (χ0v) is 15.4. The van der Waals surface area contributed by atoms with Crippen molar-refractivity contribution in [2.75, 3.05) is 0 Å². The van der Waals surface area contributed by atoms with Crippen molar-refractivity contribution >= 4 is 41.4 Å². The van der Waals surface area contributed by atoms with Gasteiger partial charge < -0.3 is 4.74 Å². The van der Waals surface area contributed by atoms with E-state index in [9.17, 15) is 4.79 Å². The van der Waals surface area contributed by atoms with E-state index in [1.807, 2.05) is 43.3 Å². The lowest BCUT2D eigenvalue weighted by atomic mass is 10.1. The molecule has 1 unspecified atom stereocenters. The van der Waals surface area contributed by atoms with Gasteiger partial charge in [0.15, 0.2) is 6.10 Å². The third kappa shape index (κ3) is 6.25. The third-order valence-electron chi connectivity index (χ3n) is 3.20. The third-order valence-corrected chi connectivity index (χ3v) is 3.73. The second-order valence-electron chi connectivity index (χ2n) is 5.37. The molecule has 0 aliphatic heterocycles. The Morgan fingerprint density at radius 3 is 2.60 bits per heavy atom. The second-order valence-corrected chi connectivity index (χ2v) is 6.21. The predicted molar refractivity (Wildman–Crippen MR) is 103 cm³/mol. The van der Waals surface area contributed by atoms with Crippen LogP contribution in [0.4, 0.5) is 0 Å². The minimum absolute atomic E-state index is 0.345. The number of halogens is 2. The maximum atomic E-state index is 12.0. The van der Waals surface area contributed by atoms with Crippen LogP contribution < -0.4 is 10.2 Å². The summed E-state index contributed by atoms with van der Waals surface area (Å²) in [6, 6.07) is 14.7.